The van der Waals surface area contributed by atoms with Crippen molar-refractivity contribution >= 4 is 28.7 Å². The van der Waals surface area contributed by atoms with E-state index >= 15 is 0 Å². The lowest BCUT2D eigenvalue weighted by Crippen LogP contribution is -2.37. The Morgan fingerprint density at radius 3 is 2.91 bits per heavy atom. The summed E-state index contributed by atoms with van der Waals surface area (Å²) in [6, 6.07) is 6.74. The van der Waals surface area contributed by atoms with Gasteiger partial charge in [-0.25, -0.2) is 4.98 Å². The van der Waals surface area contributed by atoms with Gasteiger partial charge < -0.3 is 10.2 Å². The van der Waals surface area contributed by atoms with Crippen LogP contribution in [0.5, 0.6) is 0 Å². The van der Waals surface area contributed by atoms with Crippen molar-refractivity contribution in [2.24, 2.45) is 0 Å². The van der Waals surface area contributed by atoms with Gasteiger partial charge in [-0.05, 0) is 24.4 Å². The summed E-state index contributed by atoms with van der Waals surface area (Å²) in [4.78, 5) is 29.3. The van der Waals surface area contributed by atoms with Crippen LogP contribution in [0.2, 0.25) is 0 Å². The maximum atomic E-state index is 12.0. The van der Waals surface area contributed by atoms with Crippen LogP contribution in [0.1, 0.15) is 11.8 Å². The SMILES string of the molecule is CCN(CC(=O)NCc1cccs1)c1ncccc1[N+](=O)[O-]. The fourth-order valence-electron chi connectivity index (χ4n) is 1.94. The van der Waals surface area contributed by atoms with Gasteiger partial charge in [0.15, 0.2) is 0 Å². The molecule has 0 bridgehead atoms. The van der Waals surface area contributed by atoms with Crippen LogP contribution in [-0.4, -0.2) is 28.9 Å². The van der Waals surface area contributed by atoms with Gasteiger partial charge in [0.25, 0.3) is 0 Å². The zero-order chi connectivity index (χ0) is 15.9. The first-order chi connectivity index (χ1) is 10.6. The van der Waals surface area contributed by atoms with Crippen LogP contribution in [0.3, 0.4) is 0 Å². The van der Waals surface area contributed by atoms with E-state index in [0.717, 1.165) is 4.88 Å². The Morgan fingerprint density at radius 2 is 2.27 bits per heavy atom. The van der Waals surface area contributed by atoms with E-state index in [-0.39, 0.29) is 24.0 Å². The number of nitrogens with one attached hydrogen (secondary N) is 1. The van der Waals surface area contributed by atoms with E-state index in [1.807, 2.05) is 24.4 Å². The number of carbonyl (C=O) groups is 1. The summed E-state index contributed by atoms with van der Waals surface area (Å²) in [6.45, 7) is 2.76. The first kappa shape index (κ1) is 15.9. The molecule has 8 heteroatoms. The van der Waals surface area contributed by atoms with Crippen LogP contribution in [0.4, 0.5) is 11.5 Å². The molecule has 0 fully saturated rings. The van der Waals surface area contributed by atoms with E-state index in [2.05, 4.69) is 10.3 Å². The lowest BCUT2D eigenvalue weighted by Gasteiger charge is -2.20. The maximum absolute atomic E-state index is 12.0. The summed E-state index contributed by atoms with van der Waals surface area (Å²) in [5.41, 5.74) is -0.101. The van der Waals surface area contributed by atoms with E-state index in [4.69, 9.17) is 0 Å². The Kier molecular flexibility index (Phi) is 5.42. The zero-order valence-corrected chi connectivity index (χ0v) is 12.9. The van der Waals surface area contributed by atoms with Crippen molar-refractivity contribution in [2.45, 2.75) is 13.5 Å². The maximum Gasteiger partial charge on any atom is 0.311 e. The lowest BCUT2D eigenvalue weighted by atomic mass is 10.3. The Hall–Kier alpha value is -2.48. The van der Waals surface area contributed by atoms with Crippen LogP contribution in [0, 0.1) is 10.1 Å². The predicted molar refractivity (Wildman–Crippen MR) is 84.9 cm³/mol. The molecule has 1 amide bonds. The number of thiophene rings is 1. The number of amides is 1. The van der Waals surface area contributed by atoms with Crippen LogP contribution < -0.4 is 10.2 Å². The number of nitro groups is 1. The Morgan fingerprint density at radius 1 is 1.45 bits per heavy atom. The minimum atomic E-state index is -0.492. The molecule has 1 N–H and O–H groups in total. The Bertz CT molecular complexity index is 645. The van der Waals surface area contributed by atoms with Crippen LogP contribution in [0.15, 0.2) is 35.8 Å². The highest BCUT2D eigenvalue weighted by molar-refractivity contribution is 7.09. The number of nitrogens with zero attached hydrogens (tertiary/aromatic N) is 3. The largest absolute Gasteiger partial charge is 0.350 e. The minimum absolute atomic E-state index is 0.0275. The molecule has 0 radical (unpaired) electrons. The molecule has 0 atom stereocenters. The first-order valence-corrected chi connectivity index (χ1v) is 7.63. The molecule has 0 aromatic carbocycles. The molecule has 2 aromatic heterocycles. The summed E-state index contributed by atoms with van der Waals surface area (Å²) >= 11 is 1.56. The predicted octanol–water partition coefficient (Wildman–Crippen LogP) is 2.19. The van der Waals surface area contributed by atoms with E-state index in [0.29, 0.717) is 13.1 Å². The molecule has 0 spiro atoms. The third-order valence-electron chi connectivity index (χ3n) is 3.02. The van der Waals surface area contributed by atoms with Crippen molar-refractivity contribution in [3.8, 4) is 0 Å². The number of rotatable bonds is 7. The van der Waals surface area contributed by atoms with Gasteiger partial charge in [0.05, 0.1) is 18.0 Å². The summed E-state index contributed by atoms with van der Waals surface area (Å²) in [5, 5.41) is 15.8. The van der Waals surface area contributed by atoms with Crippen molar-refractivity contribution in [1.82, 2.24) is 10.3 Å². The number of aromatic nitrogens is 1. The van der Waals surface area contributed by atoms with E-state index in [9.17, 15) is 14.9 Å². The van der Waals surface area contributed by atoms with E-state index in [1.165, 1.54) is 18.3 Å². The first-order valence-electron chi connectivity index (χ1n) is 6.75. The number of pyridine rings is 1. The minimum Gasteiger partial charge on any atom is -0.350 e. The molecule has 2 heterocycles. The van der Waals surface area contributed by atoms with Gasteiger partial charge in [-0.2, -0.15) is 0 Å². The molecule has 22 heavy (non-hydrogen) atoms. The highest BCUT2D eigenvalue weighted by atomic mass is 32.1. The van der Waals surface area contributed by atoms with Crippen LogP contribution in [-0.2, 0) is 11.3 Å². The monoisotopic (exact) mass is 320 g/mol. The fourth-order valence-corrected chi connectivity index (χ4v) is 2.58. The van der Waals surface area contributed by atoms with Crippen molar-refractivity contribution in [2.75, 3.05) is 18.0 Å². The number of hydrogen-bond donors (Lipinski definition) is 1. The van der Waals surface area contributed by atoms with Gasteiger partial charge in [-0.15, -0.1) is 11.3 Å². The molecule has 0 aliphatic heterocycles. The third kappa shape index (κ3) is 4.01. The Balaban J connectivity index is 2.02. The smallest absolute Gasteiger partial charge is 0.311 e. The van der Waals surface area contributed by atoms with Crippen LogP contribution >= 0.6 is 11.3 Å². The number of carbonyl (C=O) groups excluding carboxylic acids is 1. The van der Waals surface area contributed by atoms with Crippen molar-refractivity contribution < 1.29 is 9.72 Å². The topological polar surface area (TPSA) is 88.4 Å². The van der Waals surface area contributed by atoms with Crippen molar-refractivity contribution in [3.63, 3.8) is 0 Å². The number of likely N-dealkylation sites (N-methyl/N-ethyl adjacent to an activating group) is 1. The fraction of sp³-hybridized carbons (Fsp3) is 0.286. The van der Waals surface area contributed by atoms with Gasteiger partial charge in [0.2, 0.25) is 11.7 Å². The van der Waals surface area contributed by atoms with Gasteiger partial charge in [0, 0.05) is 23.7 Å². The highest BCUT2D eigenvalue weighted by Crippen LogP contribution is 2.24. The van der Waals surface area contributed by atoms with Gasteiger partial charge in [-0.1, -0.05) is 6.07 Å². The average Bonchev–Trinajstić information content (AvgIpc) is 3.04. The molecular weight excluding hydrogens is 304 g/mol. The quantitative estimate of drug-likeness (QED) is 0.624. The number of hydrogen-bond acceptors (Lipinski definition) is 6. The molecule has 0 saturated heterocycles. The summed E-state index contributed by atoms with van der Waals surface area (Å²) in [7, 11) is 0. The molecule has 7 nitrogen and oxygen atoms in total. The van der Waals surface area contributed by atoms with Gasteiger partial charge >= 0.3 is 5.69 Å². The average molecular weight is 320 g/mol. The molecule has 2 aromatic rings. The number of anilines is 1. The summed E-state index contributed by atoms with van der Waals surface area (Å²) in [6.07, 6.45) is 1.48. The van der Waals surface area contributed by atoms with Crippen molar-refractivity contribution in [1.29, 1.82) is 0 Å². The summed E-state index contributed by atoms with van der Waals surface area (Å²) in [5.74, 6) is 0.0106. The second-order valence-electron chi connectivity index (χ2n) is 4.47. The Labute approximate surface area is 131 Å². The van der Waals surface area contributed by atoms with Gasteiger partial charge in [0.1, 0.15) is 0 Å². The second kappa shape index (κ2) is 7.51. The second-order valence-corrected chi connectivity index (χ2v) is 5.51. The van der Waals surface area contributed by atoms with Gasteiger partial charge in [-0.3, -0.25) is 14.9 Å². The van der Waals surface area contributed by atoms with E-state index in [1.54, 1.807) is 16.2 Å². The summed E-state index contributed by atoms with van der Waals surface area (Å²) < 4.78 is 0. The molecule has 0 unspecified atom stereocenters. The molecule has 0 aliphatic rings. The molecule has 2 rings (SSSR count). The molecule has 116 valence electrons. The van der Waals surface area contributed by atoms with Crippen LogP contribution in [0.25, 0.3) is 0 Å². The zero-order valence-electron chi connectivity index (χ0n) is 12.1. The molecular formula is C14H16N4O3S. The third-order valence-corrected chi connectivity index (χ3v) is 3.89. The van der Waals surface area contributed by atoms with Crippen molar-refractivity contribution in [3.05, 3.63) is 50.8 Å². The molecule has 0 aliphatic carbocycles. The lowest BCUT2D eigenvalue weighted by molar-refractivity contribution is -0.384. The standard InChI is InChI=1S/C14H16N4O3S/c1-2-17(14-12(18(20)21)6-3-7-15-14)10-13(19)16-9-11-5-4-8-22-11/h3-8H,2,9-10H2,1H3,(H,16,19). The van der Waals surface area contributed by atoms with E-state index < -0.39 is 4.92 Å². The normalized spacial score (nSPS) is 10.2. The molecule has 0 saturated carbocycles. The highest BCUT2D eigenvalue weighted by Gasteiger charge is 2.21.